The number of thiazole rings is 1. The zero-order valence-corrected chi connectivity index (χ0v) is 15.0. The molecule has 1 aliphatic heterocycles. The van der Waals surface area contributed by atoms with E-state index in [1.54, 1.807) is 18.9 Å². The third-order valence-corrected chi connectivity index (χ3v) is 5.53. The number of carboxylic acids is 1. The number of carbonyl (C=O) groups is 2. The molecule has 25 heavy (non-hydrogen) atoms. The predicted molar refractivity (Wildman–Crippen MR) is 94.5 cm³/mol. The third-order valence-electron chi connectivity index (χ3n) is 4.45. The zero-order valence-electron chi connectivity index (χ0n) is 14.2. The summed E-state index contributed by atoms with van der Waals surface area (Å²) < 4.78 is 5.15. The summed E-state index contributed by atoms with van der Waals surface area (Å²) >= 11 is 1.43. The minimum atomic E-state index is -0.895. The number of benzene rings is 1. The molecule has 1 aromatic carbocycles. The molecule has 0 aliphatic carbocycles. The number of rotatable bonds is 5. The molecule has 1 fully saturated rings. The Balaban J connectivity index is 1.93. The Morgan fingerprint density at radius 2 is 2.08 bits per heavy atom. The van der Waals surface area contributed by atoms with Crippen LogP contribution in [0.25, 0.3) is 10.4 Å². The first kappa shape index (κ1) is 17.6. The smallest absolute Gasteiger partial charge is 0.311 e. The molecule has 7 heteroatoms. The van der Waals surface area contributed by atoms with E-state index < -0.39 is 11.4 Å². The number of carbonyl (C=O) groups excluding carboxylic acids is 1. The standard InChI is InChI=1S/C18H20N2O4S/c1-18(17(22)23)8-9-20(11-18)16(21)14-15(12-6-4-3-5-7-12)25-13(19-14)10-24-2/h3-7H,8-11H2,1-2H3,(H,22,23). The number of aliphatic carboxylic acids is 1. The van der Waals surface area contributed by atoms with E-state index in [-0.39, 0.29) is 12.5 Å². The van der Waals surface area contributed by atoms with Crippen LogP contribution in [0.1, 0.15) is 28.8 Å². The van der Waals surface area contributed by atoms with Crippen molar-refractivity contribution >= 4 is 23.2 Å². The fourth-order valence-corrected chi connectivity index (χ4v) is 3.97. The molecular formula is C18H20N2O4S. The predicted octanol–water partition coefficient (Wildman–Crippen LogP) is 2.89. The molecule has 1 amide bonds. The molecule has 6 nitrogen and oxygen atoms in total. The lowest BCUT2D eigenvalue weighted by Crippen LogP contribution is -2.35. The first-order valence-electron chi connectivity index (χ1n) is 8.01. The second-order valence-electron chi connectivity index (χ2n) is 6.43. The van der Waals surface area contributed by atoms with Crippen molar-refractivity contribution in [2.45, 2.75) is 20.0 Å². The molecule has 0 radical (unpaired) electrons. The zero-order chi connectivity index (χ0) is 18.0. The number of hydrogen-bond acceptors (Lipinski definition) is 5. The van der Waals surface area contributed by atoms with Gasteiger partial charge in [0.25, 0.3) is 5.91 Å². The molecule has 132 valence electrons. The number of nitrogens with zero attached hydrogens (tertiary/aromatic N) is 2. The number of aromatic nitrogens is 1. The Labute approximate surface area is 150 Å². The van der Waals surface area contributed by atoms with E-state index in [0.717, 1.165) is 15.4 Å². The van der Waals surface area contributed by atoms with Crippen LogP contribution in [-0.4, -0.2) is 47.1 Å². The number of methoxy groups -OCH3 is 1. The molecule has 0 bridgehead atoms. The molecular weight excluding hydrogens is 340 g/mol. The van der Waals surface area contributed by atoms with E-state index in [9.17, 15) is 14.7 Å². The van der Waals surface area contributed by atoms with Crippen LogP contribution in [-0.2, 0) is 16.1 Å². The molecule has 1 N–H and O–H groups in total. The van der Waals surface area contributed by atoms with Crippen LogP contribution in [0.5, 0.6) is 0 Å². The van der Waals surface area contributed by atoms with Gasteiger partial charge >= 0.3 is 5.97 Å². The average Bonchev–Trinajstić information content (AvgIpc) is 3.20. The Hall–Kier alpha value is -2.25. The minimum absolute atomic E-state index is 0.201. The number of hydrogen-bond donors (Lipinski definition) is 1. The third kappa shape index (κ3) is 3.43. The number of ether oxygens (including phenoxy) is 1. The molecule has 0 saturated carbocycles. The Morgan fingerprint density at radius 1 is 1.36 bits per heavy atom. The summed E-state index contributed by atoms with van der Waals surface area (Å²) in [6, 6.07) is 9.62. The van der Waals surface area contributed by atoms with Crippen molar-refractivity contribution in [3.8, 4) is 10.4 Å². The van der Waals surface area contributed by atoms with Crippen molar-refractivity contribution in [2.75, 3.05) is 20.2 Å². The topological polar surface area (TPSA) is 79.7 Å². The number of carboxylic acid groups (broad SMARTS) is 1. The van der Waals surface area contributed by atoms with Gasteiger partial charge in [-0.2, -0.15) is 0 Å². The van der Waals surface area contributed by atoms with Crippen molar-refractivity contribution in [1.29, 1.82) is 0 Å². The van der Waals surface area contributed by atoms with Gasteiger partial charge in [0.15, 0.2) is 0 Å². The Morgan fingerprint density at radius 3 is 2.68 bits per heavy atom. The molecule has 1 aromatic heterocycles. The Kier molecular flexibility index (Phi) is 4.87. The van der Waals surface area contributed by atoms with Gasteiger partial charge < -0.3 is 14.7 Å². The maximum Gasteiger partial charge on any atom is 0.311 e. The molecule has 0 spiro atoms. The number of amides is 1. The van der Waals surface area contributed by atoms with Gasteiger partial charge in [-0.05, 0) is 18.9 Å². The minimum Gasteiger partial charge on any atom is -0.481 e. The quantitative estimate of drug-likeness (QED) is 0.887. The largest absolute Gasteiger partial charge is 0.481 e. The van der Waals surface area contributed by atoms with Crippen LogP contribution in [0.4, 0.5) is 0 Å². The molecule has 1 atom stereocenters. The summed E-state index contributed by atoms with van der Waals surface area (Å²) in [4.78, 5) is 31.3. The highest BCUT2D eigenvalue weighted by Crippen LogP contribution is 2.35. The van der Waals surface area contributed by atoms with Crippen LogP contribution in [0.3, 0.4) is 0 Å². The first-order chi connectivity index (χ1) is 11.9. The van der Waals surface area contributed by atoms with Gasteiger partial charge in [0.2, 0.25) is 0 Å². The van der Waals surface area contributed by atoms with Crippen LogP contribution >= 0.6 is 11.3 Å². The summed E-state index contributed by atoms with van der Waals surface area (Å²) in [7, 11) is 1.59. The SMILES string of the molecule is COCc1nc(C(=O)N2CCC(C)(C(=O)O)C2)c(-c2ccccc2)s1. The van der Waals surface area contributed by atoms with Crippen molar-refractivity contribution in [3.05, 3.63) is 41.0 Å². The van der Waals surface area contributed by atoms with E-state index >= 15 is 0 Å². The Bertz CT molecular complexity index is 790. The maximum absolute atomic E-state index is 13.0. The molecule has 1 aliphatic rings. The highest BCUT2D eigenvalue weighted by atomic mass is 32.1. The molecule has 1 unspecified atom stereocenters. The van der Waals surface area contributed by atoms with Gasteiger partial charge in [-0.1, -0.05) is 30.3 Å². The summed E-state index contributed by atoms with van der Waals surface area (Å²) in [6.45, 7) is 2.64. The average molecular weight is 360 g/mol. The fraction of sp³-hybridized carbons (Fsp3) is 0.389. The normalized spacial score (nSPS) is 20.0. The molecule has 3 rings (SSSR count). The monoisotopic (exact) mass is 360 g/mol. The van der Waals surface area contributed by atoms with E-state index in [1.165, 1.54) is 11.3 Å². The molecule has 2 aromatic rings. The van der Waals surface area contributed by atoms with E-state index in [4.69, 9.17) is 4.74 Å². The van der Waals surface area contributed by atoms with E-state index in [0.29, 0.717) is 25.3 Å². The van der Waals surface area contributed by atoms with Gasteiger partial charge in [0.1, 0.15) is 10.7 Å². The van der Waals surface area contributed by atoms with Gasteiger partial charge in [-0.25, -0.2) is 4.98 Å². The van der Waals surface area contributed by atoms with Crippen LogP contribution in [0, 0.1) is 5.41 Å². The fourth-order valence-electron chi connectivity index (χ4n) is 2.94. The van der Waals surface area contributed by atoms with Gasteiger partial charge in [0, 0.05) is 20.2 Å². The molecule has 2 heterocycles. The van der Waals surface area contributed by atoms with Crippen LogP contribution < -0.4 is 0 Å². The maximum atomic E-state index is 13.0. The van der Waals surface area contributed by atoms with Gasteiger partial charge in [-0.3, -0.25) is 9.59 Å². The van der Waals surface area contributed by atoms with Crippen molar-refractivity contribution in [1.82, 2.24) is 9.88 Å². The van der Waals surface area contributed by atoms with Crippen molar-refractivity contribution < 1.29 is 19.4 Å². The van der Waals surface area contributed by atoms with E-state index in [2.05, 4.69) is 4.98 Å². The van der Waals surface area contributed by atoms with Crippen LogP contribution in [0.15, 0.2) is 30.3 Å². The lowest BCUT2D eigenvalue weighted by atomic mass is 9.90. The van der Waals surface area contributed by atoms with Crippen LogP contribution in [0.2, 0.25) is 0 Å². The van der Waals surface area contributed by atoms with Gasteiger partial charge in [-0.15, -0.1) is 11.3 Å². The second-order valence-corrected chi connectivity index (χ2v) is 7.51. The highest BCUT2D eigenvalue weighted by molar-refractivity contribution is 7.15. The number of likely N-dealkylation sites (tertiary alicyclic amines) is 1. The second kappa shape index (κ2) is 6.93. The lowest BCUT2D eigenvalue weighted by molar-refractivity contribution is -0.147. The summed E-state index contributed by atoms with van der Waals surface area (Å²) in [5.41, 5.74) is 0.400. The summed E-state index contributed by atoms with van der Waals surface area (Å²) in [5, 5.41) is 10.1. The van der Waals surface area contributed by atoms with Crippen molar-refractivity contribution in [2.24, 2.45) is 5.41 Å². The lowest BCUT2D eigenvalue weighted by Gasteiger charge is -2.19. The summed E-state index contributed by atoms with van der Waals surface area (Å²) in [6.07, 6.45) is 0.448. The molecule has 1 saturated heterocycles. The highest BCUT2D eigenvalue weighted by Gasteiger charge is 2.43. The first-order valence-corrected chi connectivity index (χ1v) is 8.83. The summed E-state index contributed by atoms with van der Waals surface area (Å²) in [5.74, 6) is -1.09. The van der Waals surface area contributed by atoms with E-state index in [1.807, 2.05) is 30.3 Å². The van der Waals surface area contributed by atoms with Gasteiger partial charge in [0.05, 0.1) is 16.9 Å². The van der Waals surface area contributed by atoms with Crippen molar-refractivity contribution in [3.63, 3.8) is 0 Å².